The van der Waals surface area contributed by atoms with Crippen LogP contribution in [0.3, 0.4) is 0 Å². The first kappa shape index (κ1) is 7.65. The molecule has 2 atom stereocenters. The molecule has 0 aliphatic rings. The zero-order valence-electron chi connectivity index (χ0n) is 4.69. The molecule has 0 bridgehead atoms. The van der Waals surface area contributed by atoms with Gasteiger partial charge < -0.3 is 0 Å². The standard InChI is InChI=1S/C4H12IN2/c1-3(6)4(7)5-2/h3-4H,6-7H2,1-2H3/q-1. The Kier molecular flexibility index (Phi) is 3.96. The number of rotatable bonds is 2. The van der Waals surface area contributed by atoms with Gasteiger partial charge in [-0.2, -0.15) is 0 Å². The van der Waals surface area contributed by atoms with Crippen molar-refractivity contribution >= 4 is 0 Å². The molecule has 0 aliphatic heterocycles. The first-order chi connectivity index (χ1) is 3.18. The van der Waals surface area contributed by atoms with Crippen molar-refractivity contribution in [2.24, 2.45) is 11.5 Å². The summed E-state index contributed by atoms with van der Waals surface area (Å²) in [6.45, 7) is 1.95. The van der Waals surface area contributed by atoms with Crippen LogP contribution in [0.4, 0.5) is 0 Å². The molecular weight excluding hydrogens is 203 g/mol. The molecule has 0 aromatic heterocycles. The summed E-state index contributed by atoms with van der Waals surface area (Å²) in [5.41, 5.74) is 11.0. The molecule has 0 amide bonds. The Balaban J connectivity index is 3.14. The number of halogens is 1. The van der Waals surface area contributed by atoms with Crippen LogP contribution in [-0.4, -0.2) is 15.0 Å². The summed E-state index contributed by atoms with van der Waals surface area (Å²) in [5, 5.41) is 0. The second-order valence-electron chi connectivity index (χ2n) is 1.52. The van der Waals surface area contributed by atoms with E-state index in [1.807, 2.05) is 6.92 Å². The van der Waals surface area contributed by atoms with Crippen LogP contribution in [0.1, 0.15) is 6.92 Å². The van der Waals surface area contributed by atoms with Gasteiger partial charge in [0, 0.05) is 0 Å². The van der Waals surface area contributed by atoms with Gasteiger partial charge in [0.15, 0.2) is 0 Å². The van der Waals surface area contributed by atoms with Gasteiger partial charge in [0.05, 0.1) is 0 Å². The molecule has 0 spiro atoms. The molecule has 0 fully saturated rings. The molecule has 4 N–H and O–H groups in total. The van der Waals surface area contributed by atoms with E-state index in [1.165, 1.54) is 0 Å². The van der Waals surface area contributed by atoms with E-state index in [1.54, 1.807) is 0 Å². The van der Waals surface area contributed by atoms with Crippen molar-refractivity contribution in [1.29, 1.82) is 0 Å². The number of alkyl halides is 2. The van der Waals surface area contributed by atoms with Crippen molar-refractivity contribution < 1.29 is 21.2 Å². The Morgan fingerprint density at radius 3 is 1.86 bits per heavy atom. The minimum absolute atomic E-state index is 0.157. The quantitative estimate of drug-likeness (QED) is 0.283. The fourth-order valence-electron chi connectivity index (χ4n) is 0.199. The van der Waals surface area contributed by atoms with Gasteiger partial charge in [-0.1, -0.05) is 0 Å². The third-order valence-electron chi connectivity index (χ3n) is 0.754. The molecule has 0 aliphatic carbocycles. The summed E-state index contributed by atoms with van der Waals surface area (Å²) in [4.78, 5) is 2.15. The van der Waals surface area contributed by atoms with E-state index in [9.17, 15) is 0 Å². The Morgan fingerprint density at radius 1 is 1.43 bits per heavy atom. The zero-order valence-corrected chi connectivity index (χ0v) is 6.84. The summed E-state index contributed by atoms with van der Waals surface area (Å²) in [7, 11) is 0. The van der Waals surface area contributed by atoms with Crippen LogP contribution in [-0.2, 0) is 0 Å². The van der Waals surface area contributed by atoms with Gasteiger partial charge in [-0.05, 0) is 0 Å². The zero-order chi connectivity index (χ0) is 5.86. The Hall–Kier alpha value is 0.650. The van der Waals surface area contributed by atoms with Crippen molar-refractivity contribution in [3.63, 3.8) is 0 Å². The molecule has 0 saturated carbocycles. The monoisotopic (exact) mass is 215 g/mol. The Labute approximate surface area is 54.9 Å². The van der Waals surface area contributed by atoms with Crippen LogP contribution < -0.4 is 32.7 Å². The van der Waals surface area contributed by atoms with Gasteiger partial charge in [-0.3, -0.25) is 0 Å². The first-order valence-corrected chi connectivity index (χ1v) is 5.58. The summed E-state index contributed by atoms with van der Waals surface area (Å²) >= 11 is 0.157. The molecule has 0 aromatic carbocycles. The molecule has 0 aromatic rings. The van der Waals surface area contributed by atoms with Crippen LogP contribution >= 0.6 is 0 Å². The topological polar surface area (TPSA) is 52.0 Å². The molecule has 0 rings (SSSR count). The van der Waals surface area contributed by atoms with Crippen LogP contribution in [0.15, 0.2) is 0 Å². The van der Waals surface area contributed by atoms with Crippen molar-refractivity contribution in [2.75, 3.05) is 4.93 Å². The fraction of sp³-hybridized carbons (Fsp3) is 1.00. The van der Waals surface area contributed by atoms with E-state index >= 15 is 0 Å². The third-order valence-corrected chi connectivity index (χ3v) is 3.33. The van der Waals surface area contributed by atoms with Crippen LogP contribution in [0.2, 0.25) is 0 Å². The Morgan fingerprint density at radius 2 is 1.86 bits per heavy atom. The Bertz CT molecular complexity index is 47.0. The van der Waals surface area contributed by atoms with E-state index in [4.69, 9.17) is 11.5 Å². The van der Waals surface area contributed by atoms with E-state index in [0.29, 0.717) is 4.05 Å². The van der Waals surface area contributed by atoms with Crippen LogP contribution in [0.5, 0.6) is 0 Å². The normalized spacial score (nSPS) is 19.4. The average Bonchev–Trinajstić information content (AvgIpc) is 1.65. The molecule has 0 heterocycles. The SMILES string of the molecule is C[I-]C(N)C(C)N. The predicted molar refractivity (Wildman–Crippen MR) is 27.5 cm³/mol. The van der Waals surface area contributed by atoms with Crippen molar-refractivity contribution in [2.45, 2.75) is 17.0 Å². The number of hydrogen-bond acceptors (Lipinski definition) is 2. The second kappa shape index (κ2) is 3.63. The number of hydrogen-bond donors (Lipinski definition) is 2. The molecule has 46 valence electrons. The van der Waals surface area contributed by atoms with Gasteiger partial charge in [0.1, 0.15) is 0 Å². The predicted octanol–water partition coefficient (Wildman–Crippen LogP) is -3.66. The van der Waals surface area contributed by atoms with E-state index in [0.717, 1.165) is 0 Å². The molecular formula is C4H12IN2-. The van der Waals surface area contributed by atoms with Crippen molar-refractivity contribution in [3.05, 3.63) is 0 Å². The van der Waals surface area contributed by atoms with Crippen LogP contribution in [0.25, 0.3) is 0 Å². The van der Waals surface area contributed by atoms with Gasteiger partial charge in [0.2, 0.25) is 0 Å². The molecule has 2 nitrogen and oxygen atoms in total. The molecule has 0 radical (unpaired) electrons. The first-order valence-electron chi connectivity index (χ1n) is 2.17. The van der Waals surface area contributed by atoms with Gasteiger partial charge >= 0.3 is 54.6 Å². The molecule has 2 unspecified atom stereocenters. The summed E-state index contributed by atoms with van der Waals surface area (Å²) in [5.74, 6) is 0. The maximum atomic E-state index is 5.54. The average molecular weight is 215 g/mol. The third kappa shape index (κ3) is 3.25. The van der Waals surface area contributed by atoms with Gasteiger partial charge in [-0.25, -0.2) is 0 Å². The van der Waals surface area contributed by atoms with E-state index in [2.05, 4.69) is 4.93 Å². The summed E-state index contributed by atoms with van der Waals surface area (Å²) in [6.07, 6.45) is 0. The molecule has 7 heavy (non-hydrogen) atoms. The molecule has 0 saturated heterocycles. The van der Waals surface area contributed by atoms with Crippen molar-refractivity contribution in [1.82, 2.24) is 0 Å². The summed E-state index contributed by atoms with van der Waals surface area (Å²) < 4.78 is 0.291. The minimum atomic E-state index is 0.157. The van der Waals surface area contributed by atoms with Gasteiger partial charge in [-0.15, -0.1) is 0 Å². The molecule has 3 heteroatoms. The van der Waals surface area contributed by atoms with Crippen LogP contribution in [0, 0.1) is 0 Å². The van der Waals surface area contributed by atoms with Crippen molar-refractivity contribution in [3.8, 4) is 0 Å². The number of nitrogens with two attached hydrogens (primary N) is 2. The summed E-state index contributed by atoms with van der Waals surface area (Å²) in [6, 6.07) is 0.192. The van der Waals surface area contributed by atoms with Gasteiger partial charge in [0.25, 0.3) is 0 Å². The fourth-order valence-corrected chi connectivity index (χ4v) is 1.33. The maximum absolute atomic E-state index is 5.54. The van der Waals surface area contributed by atoms with E-state index in [-0.39, 0.29) is 27.2 Å². The second-order valence-corrected chi connectivity index (χ2v) is 4.21. The van der Waals surface area contributed by atoms with E-state index < -0.39 is 0 Å².